The molecule has 15 aromatic rings. The van der Waals surface area contributed by atoms with Crippen molar-refractivity contribution in [2.75, 3.05) is 0 Å². The Morgan fingerprint density at radius 1 is 0.333 bits per heavy atom. The summed E-state index contributed by atoms with van der Waals surface area (Å²) in [5.74, 6) is -11.3. The predicted molar refractivity (Wildman–Crippen MR) is 373 cm³/mol. The monoisotopic (exact) mass is 2800 g/mol. The van der Waals surface area contributed by atoms with E-state index in [-0.39, 0.29) is 192 Å². The van der Waals surface area contributed by atoms with E-state index in [1.807, 2.05) is 79.7 Å². The summed E-state index contributed by atoms with van der Waals surface area (Å²) >= 11 is 0. The van der Waals surface area contributed by atoms with E-state index < -0.39 is 70.0 Å². The molecule has 0 bridgehead atoms. The molecule has 7 radical (unpaired) electrons. The van der Waals surface area contributed by atoms with E-state index in [1.165, 1.54) is 55.1 Å². The minimum absolute atomic E-state index is 0. The van der Waals surface area contributed by atoms with Crippen molar-refractivity contribution < 1.29 is 203 Å². The number of carbonyl (C=O) groups is 1. The van der Waals surface area contributed by atoms with Crippen molar-refractivity contribution in [2.45, 2.75) is 13.8 Å². The Labute approximate surface area is 741 Å². The van der Waals surface area contributed by atoms with Gasteiger partial charge in [-0.3, -0.25) is 45.1 Å². The van der Waals surface area contributed by atoms with Gasteiger partial charge in [-0.2, -0.15) is 23.8 Å². The molecule has 4 aromatic carbocycles. The molecule has 0 unspecified atom stereocenters. The first-order valence-electron chi connectivity index (χ1n) is 31.0. The van der Waals surface area contributed by atoms with Crippen LogP contribution in [0.4, 0.5) is 52.7 Å². The average Bonchev–Trinajstić information content (AvgIpc) is 0.808. The van der Waals surface area contributed by atoms with Gasteiger partial charge in [0.05, 0.1) is 23.3 Å². The first-order chi connectivity index (χ1) is 51.7. The number of rotatable bonds is 8. The standard InChI is InChI=1S/C12H7F3N.C12H8F2N.2C11H5F3N.C10H6FN2.2C10H7N2.C6H5NO2.7Ir/c1-7-3-2-4-12(16-7)8-5-10(14)11(15)6-9(8)13;1-8-4-5-15-12(6-8)10-3-2-9(13)7-11(10)14;12-7-1-2-9(10(14)5-7)11-6-8(13)3-4-15-11;12-8-6-10(14)9(13)5-7(8)11-3-1-2-4-15-11;11-9-3-5-13-10(6-9)8-2-1-4-12-7-8;1-3-7-11-9(5-1)10-6-2-4-8-12-10;1-2-6-12-10(3-1)9-4-7-11-8-5-9;8-6(9)5-3-1-2-4-7-5;;;;;;;/h2-4,6H,1H3;2,4-7H,1H3;1,3-6H;1-4,6H;1,3-7H;1-5,7-8H;1-4,6-8H;1-4H,(H,8,9);;;;;;;/q7*-1;;;;;;;;. The van der Waals surface area contributed by atoms with Crippen LogP contribution in [0.5, 0.6) is 0 Å². The topological polar surface area (TPSA) is 179 Å². The van der Waals surface area contributed by atoms with Crippen LogP contribution in [0.3, 0.4) is 0 Å². The van der Waals surface area contributed by atoms with E-state index in [2.05, 4.69) is 85.2 Å². The van der Waals surface area contributed by atoms with E-state index >= 15 is 0 Å². The molecule has 32 heteroatoms. The Bertz CT molecular complexity index is 5080. The molecule has 1 N–H and O–H groups in total. The summed E-state index contributed by atoms with van der Waals surface area (Å²) in [5, 5.41) is 8.32. The normalized spacial score (nSPS) is 9.42. The number of carboxylic acid groups (broad SMARTS) is 1. The summed E-state index contributed by atoms with van der Waals surface area (Å²) in [7, 11) is 0. The van der Waals surface area contributed by atoms with Crippen LogP contribution < -0.4 is 0 Å². The molecule has 11 aromatic heterocycles. The molecule has 0 saturated heterocycles. The molecule has 0 atom stereocenters. The summed E-state index contributed by atoms with van der Waals surface area (Å²) in [6.07, 6.45) is 18.9. The molecule has 15 rings (SSSR count). The first-order valence-corrected chi connectivity index (χ1v) is 31.0. The quantitative estimate of drug-likeness (QED) is 0.0864. The van der Waals surface area contributed by atoms with Gasteiger partial charge in [0, 0.05) is 225 Å². The third-order valence-electron chi connectivity index (χ3n) is 13.4. The van der Waals surface area contributed by atoms with Gasteiger partial charge >= 0.3 is 5.97 Å². The van der Waals surface area contributed by atoms with Gasteiger partial charge in [-0.1, -0.05) is 137 Å². The third kappa shape index (κ3) is 34.0. The summed E-state index contributed by atoms with van der Waals surface area (Å²) in [4.78, 5) is 53.6. The average molecular weight is 2790 g/mol. The van der Waals surface area contributed by atoms with E-state index in [1.54, 1.807) is 105 Å². The number of benzene rings is 4. The second-order valence-corrected chi connectivity index (χ2v) is 21.1. The molecule has 0 saturated carbocycles. The molecule has 11 heterocycles. The second kappa shape index (κ2) is 54.5. The van der Waals surface area contributed by atoms with Crippen LogP contribution >= 0.6 is 0 Å². The van der Waals surface area contributed by atoms with Crippen molar-refractivity contribution in [1.29, 1.82) is 0 Å². The molecule has 599 valence electrons. The molecule has 13 nitrogen and oxygen atoms in total. The van der Waals surface area contributed by atoms with E-state index in [4.69, 9.17) is 5.11 Å². The van der Waals surface area contributed by atoms with Gasteiger partial charge in [0.15, 0.2) is 0 Å². The van der Waals surface area contributed by atoms with Crippen molar-refractivity contribution in [3.63, 3.8) is 0 Å². The maximum atomic E-state index is 13.4. The summed E-state index contributed by atoms with van der Waals surface area (Å²) in [5.41, 5.74) is 7.33. The minimum Gasteiger partial charge on any atom is -0.477 e. The number of nitrogens with zero attached hydrogens (tertiary/aromatic N) is 11. The van der Waals surface area contributed by atoms with Crippen molar-refractivity contribution in [3.05, 3.63) is 392 Å². The van der Waals surface area contributed by atoms with Crippen molar-refractivity contribution in [1.82, 2.24) is 54.8 Å². The first kappa shape index (κ1) is 103. The number of aromatic nitrogens is 11. The molecular weight excluding hydrogens is 2740 g/mol. The summed E-state index contributed by atoms with van der Waals surface area (Å²) < 4.78 is 155. The van der Waals surface area contributed by atoms with Crippen molar-refractivity contribution in [2.24, 2.45) is 0 Å². The zero-order valence-electron chi connectivity index (χ0n) is 58.0. The predicted octanol–water partition coefficient (Wildman–Crippen LogP) is 19.1. The van der Waals surface area contributed by atoms with Crippen LogP contribution in [0.15, 0.2) is 262 Å². The summed E-state index contributed by atoms with van der Waals surface area (Å²) in [6, 6.07) is 64.0. The molecule has 0 spiro atoms. The van der Waals surface area contributed by atoms with Crippen molar-refractivity contribution >= 4 is 5.97 Å². The maximum absolute atomic E-state index is 13.4. The van der Waals surface area contributed by atoms with Crippen LogP contribution in [-0.2, 0) is 141 Å². The van der Waals surface area contributed by atoms with Crippen LogP contribution in [-0.4, -0.2) is 65.9 Å². The van der Waals surface area contributed by atoms with Gasteiger partial charge in [0.25, 0.3) is 0 Å². The molecule has 0 amide bonds. The van der Waals surface area contributed by atoms with E-state index in [0.717, 1.165) is 58.5 Å². The molecule has 114 heavy (non-hydrogen) atoms. The molecule has 0 aliphatic rings. The van der Waals surface area contributed by atoms with Crippen LogP contribution in [0.1, 0.15) is 21.7 Å². The van der Waals surface area contributed by atoms with Gasteiger partial charge in [-0.15, -0.1) is 54.1 Å². The number of carboxylic acids is 1. The van der Waals surface area contributed by atoms with Gasteiger partial charge in [-0.25, -0.2) is 27.3 Å². The Morgan fingerprint density at radius 3 is 1.25 bits per heavy atom. The van der Waals surface area contributed by atoms with Crippen LogP contribution in [0, 0.1) is 126 Å². The Kier molecular flexibility index (Phi) is 49.1. The van der Waals surface area contributed by atoms with Gasteiger partial charge < -0.3 is 45.0 Å². The summed E-state index contributed by atoms with van der Waals surface area (Å²) in [6.45, 7) is 3.61. The zero-order valence-corrected chi connectivity index (χ0v) is 74.7. The van der Waals surface area contributed by atoms with E-state index in [0.29, 0.717) is 40.8 Å². The largest absolute Gasteiger partial charge is 0.477 e. The maximum Gasteiger partial charge on any atom is 0.354 e. The number of hydrogen-bond acceptors (Lipinski definition) is 12. The van der Waals surface area contributed by atoms with E-state index in [9.17, 15) is 57.5 Å². The fourth-order valence-electron chi connectivity index (χ4n) is 8.49. The second-order valence-electron chi connectivity index (χ2n) is 21.1. The number of aromatic carboxylic acids is 1. The number of pyridine rings is 11. The molecular formula is C82H50F12Ir7N11O2-7. The van der Waals surface area contributed by atoms with Gasteiger partial charge in [-0.05, 0) is 145 Å². The van der Waals surface area contributed by atoms with Gasteiger partial charge in [0.1, 0.15) is 17.3 Å². The molecule has 0 fully saturated rings. The Balaban J connectivity index is 0.000000648. The SMILES string of the molecule is Cc1cccc(-c2[c-]c(F)c(F)cc2F)n1.Cc1ccnc(-c2[c-]cc(F)cc2F)c1.Fc1[c-]c(-c2ccccn2)c(F)cc1F.Fc1ccnc(-c2[c-]cc(F)cc2F)c1.Fc1ccnc(-c2[c-]ccnc2)c1.O=C(O)c1ccccn1.[Ir].[Ir].[Ir].[Ir].[Ir].[Ir].[Ir].[c-]1cccnc1-c1ccccn1.[c-]1cnccc1-c1ccccn1. The number of hydrogen-bond donors (Lipinski definition) is 1. The zero-order chi connectivity index (χ0) is 76.5. The number of aryl methyl sites for hydroxylation is 2. The fraction of sp³-hybridized carbons (Fsp3) is 0.0244. The fourth-order valence-corrected chi connectivity index (χ4v) is 8.49. The number of halogens is 12. The van der Waals surface area contributed by atoms with Gasteiger partial charge in [0.2, 0.25) is 0 Å². The smallest absolute Gasteiger partial charge is 0.354 e. The third-order valence-corrected chi connectivity index (χ3v) is 13.4. The minimum atomic E-state index is -1.26. The Hall–Kier alpha value is -9.29. The Morgan fingerprint density at radius 2 is 0.807 bits per heavy atom. The van der Waals surface area contributed by atoms with Crippen LogP contribution in [0.25, 0.3) is 78.9 Å². The molecule has 0 aliphatic carbocycles. The van der Waals surface area contributed by atoms with Crippen LogP contribution in [0.2, 0.25) is 0 Å². The van der Waals surface area contributed by atoms with Crippen molar-refractivity contribution in [3.8, 4) is 78.9 Å². The molecule has 0 aliphatic heterocycles.